The Kier molecular flexibility index (Phi) is 5.73. The van der Waals surface area contributed by atoms with Crippen LogP contribution in [0.3, 0.4) is 0 Å². The summed E-state index contributed by atoms with van der Waals surface area (Å²) in [6.07, 6.45) is 6.17. The van der Waals surface area contributed by atoms with Crippen LogP contribution in [0.25, 0.3) is 0 Å². The molecule has 0 amide bonds. The SMILES string of the molecule is C=CC[Si](CC)(CC=C)CC=C. The van der Waals surface area contributed by atoms with Crippen LogP contribution in [0.2, 0.25) is 24.2 Å². The number of hydrogen-bond acceptors (Lipinski definition) is 0. The molecule has 0 aliphatic carbocycles. The molecular weight excluding hydrogens is 160 g/mol. The molecule has 0 fully saturated rings. The van der Waals surface area contributed by atoms with Gasteiger partial charge in [0.2, 0.25) is 0 Å². The van der Waals surface area contributed by atoms with Gasteiger partial charge in [-0.15, -0.1) is 19.7 Å². The maximum atomic E-state index is 3.82. The van der Waals surface area contributed by atoms with Crippen molar-refractivity contribution in [3.05, 3.63) is 38.0 Å². The Hall–Kier alpha value is -0.563. The molecule has 0 bridgehead atoms. The first kappa shape index (κ1) is 11.4. The first-order chi connectivity index (χ1) is 5.74. The summed E-state index contributed by atoms with van der Waals surface area (Å²) < 4.78 is 0. The van der Waals surface area contributed by atoms with Crippen LogP contribution in [0, 0.1) is 0 Å². The molecule has 0 aromatic carbocycles. The first-order valence-corrected chi connectivity index (χ1v) is 7.40. The van der Waals surface area contributed by atoms with E-state index in [4.69, 9.17) is 0 Å². The molecule has 0 rings (SSSR count). The topological polar surface area (TPSA) is 0 Å². The van der Waals surface area contributed by atoms with E-state index in [-0.39, 0.29) is 0 Å². The Morgan fingerprint density at radius 3 is 1.42 bits per heavy atom. The average molecular weight is 180 g/mol. The predicted molar refractivity (Wildman–Crippen MR) is 61.2 cm³/mol. The van der Waals surface area contributed by atoms with Gasteiger partial charge in [-0.25, -0.2) is 0 Å². The summed E-state index contributed by atoms with van der Waals surface area (Å²) in [7, 11) is -1.12. The summed E-state index contributed by atoms with van der Waals surface area (Å²) in [5, 5.41) is 0. The van der Waals surface area contributed by atoms with Gasteiger partial charge in [-0.3, -0.25) is 0 Å². The van der Waals surface area contributed by atoms with Crippen LogP contribution >= 0.6 is 0 Å². The van der Waals surface area contributed by atoms with Gasteiger partial charge in [-0.1, -0.05) is 31.2 Å². The number of rotatable bonds is 7. The fourth-order valence-corrected chi connectivity index (χ4v) is 4.80. The summed E-state index contributed by atoms with van der Waals surface area (Å²) in [6.45, 7) is 13.8. The van der Waals surface area contributed by atoms with Crippen molar-refractivity contribution in [1.82, 2.24) is 0 Å². The van der Waals surface area contributed by atoms with Crippen molar-refractivity contribution in [3.8, 4) is 0 Å². The molecule has 0 unspecified atom stereocenters. The van der Waals surface area contributed by atoms with Crippen molar-refractivity contribution in [2.75, 3.05) is 0 Å². The molecule has 0 saturated carbocycles. The molecule has 0 spiro atoms. The zero-order valence-corrected chi connectivity index (χ0v) is 9.18. The van der Waals surface area contributed by atoms with Crippen LogP contribution in [0.4, 0.5) is 0 Å². The molecule has 0 aromatic rings. The van der Waals surface area contributed by atoms with Crippen molar-refractivity contribution in [2.24, 2.45) is 0 Å². The molecule has 0 aliphatic rings. The maximum absolute atomic E-state index is 3.82. The van der Waals surface area contributed by atoms with E-state index in [1.807, 2.05) is 0 Å². The molecule has 12 heavy (non-hydrogen) atoms. The Morgan fingerprint density at radius 2 is 1.25 bits per heavy atom. The lowest BCUT2D eigenvalue weighted by Gasteiger charge is -2.26. The summed E-state index contributed by atoms with van der Waals surface area (Å²) in [4.78, 5) is 0. The smallest absolute Gasteiger partial charge is 0.0645 e. The predicted octanol–water partition coefficient (Wildman–Crippen LogP) is 4.01. The van der Waals surface area contributed by atoms with Gasteiger partial charge in [-0.05, 0) is 18.1 Å². The maximum Gasteiger partial charge on any atom is 0.0645 e. The molecule has 68 valence electrons. The highest BCUT2D eigenvalue weighted by molar-refractivity contribution is 6.80. The Morgan fingerprint density at radius 1 is 0.917 bits per heavy atom. The van der Waals surface area contributed by atoms with Crippen LogP contribution in [-0.2, 0) is 0 Å². The Labute approximate surface area is 77.7 Å². The second-order valence-corrected chi connectivity index (χ2v) is 8.26. The van der Waals surface area contributed by atoms with Gasteiger partial charge in [0.15, 0.2) is 0 Å². The van der Waals surface area contributed by atoms with Crippen LogP contribution in [0.5, 0.6) is 0 Å². The van der Waals surface area contributed by atoms with E-state index < -0.39 is 8.07 Å². The molecule has 0 radical (unpaired) electrons. The van der Waals surface area contributed by atoms with Gasteiger partial charge in [-0.2, -0.15) is 0 Å². The molecule has 0 aromatic heterocycles. The molecule has 0 aliphatic heterocycles. The summed E-state index contributed by atoms with van der Waals surface area (Å²) in [5.74, 6) is 0. The van der Waals surface area contributed by atoms with E-state index in [0.29, 0.717) is 0 Å². The van der Waals surface area contributed by atoms with Crippen molar-refractivity contribution < 1.29 is 0 Å². The lowest BCUT2D eigenvalue weighted by molar-refractivity contribution is 1.23. The fourth-order valence-electron chi connectivity index (χ4n) is 1.60. The van der Waals surface area contributed by atoms with Crippen molar-refractivity contribution >= 4 is 8.07 Å². The zero-order valence-electron chi connectivity index (χ0n) is 8.18. The van der Waals surface area contributed by atoms with Gasteiger partial charge in [0, 0.05) is 0 Å². The largest absolute Gasteiger partial charge is 0.103 e. The van der Waals surface area contributed by atoms with Crippen molar-refractivity contribution in [1.29, 1.82) is 0 Å². The van der Waals surface area contributed by atoms with Crippen LogP contribution in [0.15, 0.2) is 38.0 Å². The van der Waals surface area contributed by atoms with E-state index >= 15 is 0 Å². The monoisotopic (exact) mass is 180 g/mol. The van der Waals surface area contributed by atoms with E-state index in [9.17, 15) is 0 Å². The van der Waals surface area contributed by atoms with E-state index in [0.717, 1.165) is 0 Å². The van der Waals surface area contributed by atoms with E-state index in [1.165, 1.54) is 24.2 Å². The second-order valence-electron chi connectivity index (χ2n) is 3.33. The summed E-state index contributed by atoms with van der Waals surface area (Å²) in [6, 6.07) is 4.89. The summed E-state index contributed by atoms with van der Waals surface area (Å²) in [5.41, 5.74) is 0. The van der Waals surface area contributed by atoms with Crippen molar-refractivity contribution in [3.63, 3.8) is 0 Å². The normalized spacial score (nSPS) is 10.8. The van der Waals surface area contributed by atoms with E-state index in [1.54, 1.807) is 0 Å². The molecule has 0 saturated heterocycles. The highest BCUT2D eigenvalue weighted by atomic mass is 28.3. The average Bonchev–Trinajstić information content (AvgIpc) is 2.06. The minimum absolute atomic E-state index is 1.12. The highest BCUT2D eigenvalue weighted by Crippen LogP contribution is 2.26. The third-order valence-corrected chi connectivity index (χ3v) is 7.45. The van der Waals surface area contributed by atoms with Gasteiger partial charge in [0.25, 0.3) is 0 Å². The van der Waals surface area contributed by atoms with E-state index in [2.05, 4.69) is 44.9 Å². The lowest BCUT2D eigenvalue weighted by Crippen LogP contribution is -2.30. The standard InChI is InChI=1S/C11H20Si/c1-5-9-12(8-4,10-6-2)11-7-3/h5-7H,1-3,8-11H2,4H3. The number of allylic oxidation sites excluding steroid dienone is 3. The fraction of sp³-hybridized carbons (Fsp3) is 0.455. The molecule has 1 heteroatoms. The van der Waals surface area contributed by atoms with Gasteiger partial charge >= 0.3 is 0 Å². The first-order valence-electron chi connectivity index (χ1n) is 4.57. The zero-order chi connectivity index (χ0) is 9.45. The quantitative estimate of drug-likeness (QED) is 0.410. The van der Waals surface area contributed by atoms with Crippen LogP contribution in [0.1, 0.15) is 6.92 Å². The Balaban J connectivity index is 4.35. The molecule has 0 N–H and O–H groups in total. The highest BCUT2D eigenvalue weighted by Gasteiger charge is 2.25. The third-order valence-electron chi connectivity index (χ3n) is 2.48. The lowest BCUT2D eigenvalue weighted by atomic mass is 10.7. The molecule has 0 atom stereocenters. The minimum atomic E-state index is -1.12. The Bertz CT molecular complexity index is 132. The second kappa shape index (κ2) is 6.01. The molecule has 0 heterocycles. The molecular formula is C11H20Si. The minimum Gasteiger partial charge on any atom is -0.103 e. The van der Waals surface area contributed by atoms with Gasteiger partial charge in [0.1, 0.15) is 0 Å². The van der Waals surface area contributed by atoms with Gasteiger partial charge < -0.3 is 0 Å². The van der Waals surface area contributed by atoms with Crippen LogP contribution in [-0.4, -0.2) is 8.07 Å². The summed E-state index contributed by atoms with van der Waals surface area (Å²) >= 11 is 0. The molecule has 0 nitrogen and oxygen atoms in total. The van der Waals surface area contributed by atoms with Crippen molar-refractivity contribution in [2.45, 2.75) is 31.1 Å². The number of hydrogen-bond donors (Lipinski definition) is 0. The van der Waals surface area contributed by atoms with Crippen LogP contribution < -0.4 is 0 Å². The van der Waals surface area contributed by atoms with Gasteiger partial charge in [0.05, 0.1) is 8.07 Å². The third kappa shape index (κ3) is 3.22.